The molecule has 88 valence electrons. The van der Waals surface area contributed by atoms with Crippen molar-refractivity contribution in [3.05, 3.63) is 0 Å². The summed E-state index contributed by atoms with van der Waals surface area (Å²) in [4.78, 5) is 16.1. The van der Waals surface area contributed by atoms with Crippen molar-refractivity contribution in [2.75, 3.05) is 45.8 Å². The largest absolute Gasteiger partial charge is 0.339 e. The Kier molecular flexibility index (Phi) is 5.65. The van der Waals surface area contributed by atoms with Crippen LogP contribution in [-0.4, -0.2) is 61.5 Å². The zero-order chi connectivity index (χ0) is 11.1. The van der Waals surface area contributed by atoms with Gasteiger partial charge in [-0.3, -0.25) is 9.69 Å². The maximum atomic E-state index is 11.7. The highest BCUT2D eigenvalue weighted by molar-refractivity contribution is 5.78. The van der Waals surface area contributed by atoms with Gasteiger partial charge >= 0.3 is 0 Å². The van der Waals surface area contributed by atoms with Crippen LogP contribution in [0.4, 0.5) is 0 Å². The molecule has 0 aliphatic carbocycles. The number of carbonyl (C=O) groups is 1. The number of nitrogens with zero attached hydrogens (tertiary/aromatic N) is 2. The molecule has 0 aromatic rings. The molecule has 1 fully saturated rings. The average Bonchev–Trinajstić information content (AvgIpc) is 2.27. The second-order valence-corrected chi connectivity index (χ2v) is 4.00. The fourth-order valence-electron chi connectivity index (χ4n) is 1.88. The van der Waals surface area contributed by atoms with Crippen molar-refractivity contribution in [2.24, 2.45) is 0 Å². The summed E-state index contributed by atoms with van der Waals surface area (Å²) < 4.78 is 0. The van der Waals surface area contributed by atoms with E-state index in [1.54, 1.807) is 0 Å². The third kappa shape index (κ3) is 4.18. The third-order valence-corrected chi connectivity index (χ3v) is 2.79. The Bertz CT molecular complexity index is 188. The van der Waals surface area contributed by atoms with Gasteiger partial charge in [-0.05, 0) is 19.5 Å². The van der Waals surface area contributed by atoms with Crippen molar-refractivity contribution in [1.82, 2.24) is 15.1 Å². The fourth-order valence-corrected chi connectivity index (χ4v) is 1.88. The molecule has 0 atom stereocenters. The molecule has 1 rings (SSSR count). The van der Waals surface area contributed by atoms with Crippen LogP contribution in [0.15, 0.2) is 0 Å². The van der Waals surface area contributed by atoms with Gasteiger partial charge in [-0.25, -0.2) is 0 Å². The monoisotopic (exact) mass is 213 g/mol. The number of likely N-dealkylation sites (N-methyl/N-ethyl adjacent to an activating group) is 1. The van der Waals surface area contributed by atoms with Gasteiger partial charge in [-0.1, -0.05) is 13.8 Å². The lowest BCUT2D eigenvalue weighted by atomic mass is 10.3. The minimum absolute atomic E-state index is 0.244. The summed E-state index contributed by atoms with van der Waals surface area (Å²) in [6.45, 7) is 10.6. The van der Waals surface area contributed by atoms with E-state index in [0.717, 1.165) is 39.3 Å². The minimum Gasteiger partial charge on any atom is -0.339 e. The first-order valence-corrected chi connectivity index (χ1v) is 5.98. The fraction of sp³-hybridized carbons (Fsp3) is 0.909. The average molecular weight is 213 g/mol. The molecule has 1 amide bonds. The van der Waals surface area contributed by atoms with Gasteiger partial charge in [0.1, 0.15) is 0 Å². The second kappa shape index (κ2) is 6.80. The maximum absolute atomic E-state index is 11.7. The Labute approximate surface area is 92.6 Å². The molecule has 0 aromatic carbocycles. The predicted molar refractivity (Wildman–Crippen MR) is 61.9 cm³/mol. The van der Waals surface area contributed by atoms with Gasteiger partial charge in [0, 0.05) is 26.2 Å². The van der Waals surface area contributed by atoms with Crippen molar-refractivity contribution in [2.45, 2.75) is 20.3 Å². The van der Waals surface area contributed by atoms with Crippen molar-refractivity contribution in [3.8, 4) is 0 Å². The van der Waals surface area contributed by atoms with Crippen LogP contribution in [0.2, 0.25) is 0 Å². The first-order valence-electron chi connectivity index (χ1n) is 5.98. The first kappa shape index (κ1) is 12.5. The number of carbonyl (C=O) groups excluding carboxylic acids is 1. The van der Waals surface area contributed by atoms with Gasteiger partial charge in [-0.2, -0.15) is 0 Å². The normalized spacial score (nSPS) is 18.1. The van der Waals surface area contributed by atoms with Crippen LogP contribution in [-0.2, 0) is 4.79 Å². The van der Waals surface area contributed by atoms with Crippen molar-refractivity contribution in [3.63, 3.8) is 0 Å². The Morgan fingerprint density at radius 1 is 1.20 bits per heavy atom. The molecular weight excluding hydrogens is 190 g/mol. The van der Waals surface area contributed by atoms with Gasteiger partial charge in [0.05, 0.1) is 6.54 Å². The predicted octanol–water partition coefficient (Wildman–Crippen LogP) is 0.150. The number of nitrogens with one attached hydrogen (secondary N) is 1. The van der Waals surface area contributed by atoms with E-state index >= 15 is 0 Å². The summed E-state index contributed by atoms with van der Waals surface area (Å²) in [5, 5.41) is 3.08. The van der Waals surface area contributed by atoms with Crippen LogP contribution in [0.1, 0.15) is 20.3 Å². The molecule has 15 heavy (non-hydrogen) atoms. The molecule has 1 heterocycles. The SMILES string of the molecule is CCCN1CCN(C(=O)CNCC)CC1. The summed E-state index contributed by atoms with van der Waals surface area (Å²) in [7, 11) is 0. The van der Waals surface area contributed by atoms with E-state index in [0.29, 0.717) is 6.54 Å². The minimum atomic E-state index is 0.244. The van der Waals surface area contributed by atoms with Gasteiger partial charge in [0.25, 0.3) is 0 Å². The van der Waals surface area contributed by atoms with Gasteiger partial charge in [-0.15, -0.1) is 0 Å². The number of piperazine rings is 1. The van der Waals surface area contributed by atoms with Crippen LogP contribution in [0.5, 0.6) is 0 Å². The molecule has 0 spiro atoms. The van der Waals surface area contributed by atoms with E-state index in [9.17, 15) is 4.79 Å². The molecule has 0 saturated carbocycles. The number of rotatable bonds is 5. The van der Waals surface area contributed by atoms with E-state index in [4.69, 9.17) is 0 Å². The molecule has 4 heteroatoms. The van der Waals surface area contributed by atoms with E-state index in [2.05, 4.69) is 17.1 Å². The number of amides is 1. The smallest absolute Gasteiger partial charge is 0.236 e. The van der Waals surface area contributed by atoms with Crippen LogP contribution in [0, 0.1) is 0 Å². The van der Waals surface area contributed by atoms with Crippen LogP contribution >= 0.6 is 0 Å². The molecule has 1 N–H and O–H groups in total. The number of hydrogen-bond acceptors (Lipinski definition) is 3. The zero-order valence-corrected chi connectivity index (χ0v) is 9.96. The third-order valence-electron chi connectivity index (χ3n) is 2.79. The molecule has 1 saturated heterocycles. The Morgan fingerprint density at radius 3 is 2.40 bits per heavy atom. The van der Waals surface area contributed by atoms with Crippen molar-refractivity contribution in [1.29, 1.82) is 0 Å². The standard InChI is InChI=1S/C11H23N3O/c1-3-5-13-6-8-14(9-7-13)11(15)10-12-4-2/h12H,3-10H2,1-2H3. The van der Waals surface area contributed by atoms with Crippen LogP contribution in [0.25, 0.3) is 0 Å². The maximum Gasteiger partial charge on any atom is 0.236 e. The molecule has 0 aromatic heterocycles. The molecule has 0 unspecified atom stereocenters. The summed E-state index contributed by atoms with van der Waals surface area (Å²) >= 11 is 0. The molecule has 1 aliphatic heterocycles. The Balaban J connectivity index is 2.21. The molecule has 4 nitrogen and oxygen atoms in total. The van der Waals surface area contributed by atoms with Gasteiger partial charge in [0.2, 0.25) is 5.91 Å². The quantitative estimate of drug-likeness (QED) is 0.706. The highest BCUT2D eigenvalue weighted by Gasteiger charge is 2.19. The summed E-state index contributed by atoms with van der Waals surface area (Å²) in [5.74, 6) is 0.244. The second-order valence-electron chi connectivity index (χ2n) is 4.00. The van der Waals surface area contributed by atoms with Crippen molar-refractivity contribution < 1.29 is 4.79 Å². The molecule has 1 aliphatic rings. The van der Waals surface area contributed by atoms with Crippen LogP contribution in [0.3, 0.4) is 0 Å². The molecular formula is C11H23N3O. The van der Waals surface area contributed by atoms with Gasteiger partial charge < -0.3 is 10.2 Å². The first-order chi connectivity index (χ1) is 7.27. The van der Waals surface area contributed by atoms with E-state index < -0.39 is 0 Å². The summed E-state index contributed by atoms with van der Waals surface area (Å²) in [5.41, 5.74) is 0. The highest BCUT2D eigenvalue weighted by atomic mass is 16.2. The van der Waals surface area contributed by atoms with Crippen molar-refractivity contribution >= 4 is 5.91 Å². The molecule has 0 radical (unpaired) electrons. The topological polar surface area (TPSA) is 35.6 Å². The summed E-state index contributed by atoms with van der Waals surface area (Å²) in [6.07, 6.45) is 1.20. The summed E-state index contributed by atoms with van der Waals surface area (Å²) in [6, 6.07) is 0. The Hall–Kier alpha value is -0.610. The van der Waals surface area contributed by atoms with E-state index in [1.807, 2.05) is 11.8 Å². The van der Waals surface area contributed by atoms with Gasteiger partial charge in [0.15, 0.2) is 0 Å². The highest BCUT2D eigenvalue weighted by Crippen LogP contribution is 2.02. The Morgan fingerprint density at radius 2 is 1.87 bits per heavy atom. The lowest BCUT2D eigenvalue weighted by molar-refractivity contribution is -0.131. The van der Waals surface area contributed by atoms with Crippen LogP contribution < -0.4 is 5.32 Å². The molecule has 0 bridgehead atoms. The zero-order valence-electron chi connectivity index (χ0n) is 9.96. The lowest BCUT2D eigenvalue weighted by Crippen LogP contribution is -2.50. The van der Waals surface area contributed by atoms with E-state index in [-0.39, 0.29) is 5.91 Å². The number of hydrogen-bond donors (Lipinski definition) is 1. The van der Waals surface area contributed by atoms with E-state index in [1.165, 1.54) is 6.42 Å². The lowest BCUT2D eigenvalue weighted by Gasteiger charge is -2.34.